The van der Waals surface area contributed by atoms with Crippen molar-refractivity contribution in [2.75, 3.05) is 18.8 Å². The summed E-state index contributed by atoms with van der Waals surface area (Å²) in [7, 11) is 0. The van der Waals surface area contributed by atoms with Crippen molar-refractivity contribution in [1.82, 2.24) is 4.90 Å². The van der Waals surface area contributed by atoms with Gasteiger partial charge < -0.3 is 15.4 Å². The first-order valence-electron chi connectivity index (χ1n) is 6.35. The number of rotatable bonds is 5. The fourth-order valence-electron chi connectivity index (χ4n) is 1.74. The number of nitrogens with zero attached hydrogens (tertiary/aromatic N) is 1. The van der Waals surface area contributed by atoms with Crippen LogP contribution in [0.2, 0.25) is 0 Å². The zero-order valence-corrected chi connectivity index (χ0v) is 11.6. The minimum absolute atomic E-state index is 0.00259. The maximum atomic E-state index is 12.1. The number of carbonyl (C=O) groups excluding carboxylic acids is 1. The van der Waals surface area contributed by atoms with Crippen LogP contribution in [0.5, 0.6) is 5.75 Å². The van der Waals surface area contributed by atoms with Crippen molar-refractivity contribution in [2.24, 2.45) is 0 Å². The summed E-state index contributed by atoms with van der Waals surface area (Å²) < 4.78 is 5.54. The summed E-state index contributed by atoms with van der Waals surface area (Å²) in [5, 5.41) is 0. The zero-order chi connectivity index (χ0) is 13.7. The molecule has 1 aromatic carbocycles. The predicted octanol–water partition coefficient (Wildman–Crippen LogP) is 2.54. The van der Waals surface area contributed by atoms with Gasteiger partial charge in [0, 0.05) is 18.7 Å². The highest BCUT2D eigenvalue weighted by atomic mass is 16.5. The third kappa shape index (κ3) is 3.39. The number of ether oxygens (including phenoxy) is 1. The van der Waals surface area contributed by atoms with Crippen molar-refractivity contribution >= 4 is 11.6 Å². The molecule has 0 fully saturated rings. The lowest BCUT2D eigenvalue weighted by Gasteiger charge is -2.19. The molecule has 1 amide bonds. The first-order chi connectivity index (χ1) is 8.49. The fraction of sp³-hybridized carbons (Fsp3) is 0.500. The van der Waals surface area contributed by atoms with Crippen molar-refractivity contribution in [3.05, 3.63) is 23.8 Å². The first-order valence-corrected chi connectivity index (χ1v) is 6.35. The van der Waals surface area contributed by atoms with Crippen molar-refractivity contribution in [2.45, 2.75) is 33.8 Å². The minimum atomic E-state index is 0.00259. The number of nitrogens with two attached hydrogens (primary N) is 1. The fourth-order valence-corrected chi connectivity index (χ4v) is 1.74. The molecule has 0 radical (unpaired) electrons. The summed E-state index contributed by atoms with van der Waals surface area (Å²) in [6, 6.07) is 5.19. The minimum Gasteiger partial charge on any atom is -0.489 e. The monoisotopic (exact) mass is 250 g/mol. The molecule has 1 rings (SSSR count). The molecule has 0 atom stereocenters. The van der Waals surface area contributed by atoms with Gasteiger partial charge in [0.2, 0.25) is 0 Å². The topological polar surface area (TPSA) is 55.6 Å². The Morgan fingerprint density at radius 2 is 1.94 bits per heavy atom. The number of hydrogen-bond acceptors (Lipinski definition) is 3. The summed E-state index contributed by atoms with van der Waals surface area (Å²) in [6.45, 7) is 9.18. The Balaban J connectivity index is 2.93. The Kier molecular flexibility index (Phi) is 5.01. The predicted molar refractivity (Wildman–Crippen MR) is 73.9 cm³/mol. The Labute approximate surface area is 109 Å². The summed E-state index contributed by atoms with van der Waals surface area (Å²) in [6.07, 6.45) is 0.0663. The lowest BCUT2D eigenvalue weighted by molar-refractivity contribution is 0.0773. The van der Waals surface area contributed by atoms with Crippen molar-refractivity contribution in [1.29, 1.82) is 0 Å². The highest BCUT2D eigenvalue weighted by Crippen LogP contribution is 2.24. The summed E-state index contributed by atoms with van der Waals surface area (Å²) >= 11 is 0. The number of hydrogen-bond donors (Lipinski definition) is 1. The quantitative estimate of drug-likeness (QED) is 0.817. The molecule has 0 saturated carbocycles. The zero-order valence-electron chi connectivity index (χ0n) is 11.6. The van der Waals surface area contributed by atoms with Gasteiger partial charge in [-0.25, -0.2) is 0 Å². The Morgan fingerprint density at radius 3 is 2.39 bits per heavy atom. The van der Waals surface area contributed by atoms with Crippen LogP contribution in [0.4, 0.5) is 5.69 Å². The number of nitrogen functional groups attached to an aromatic ring is 1. The molecule has 0 aliphatic heterocycles. The molecule has 0 spiro atoms. The van der Waals surface area contributed by atoms with Crippen molar-refractivity contribution < 1.29 is 9.53 Å². The average molecular weight is 250 g/mol. The van der Waals surface area contributed by atoms with Gasteiger partial charge in [-0.1, -0.05) is 0 Å². The largest absolute Gasteiger partial charge is 0.489 e. The van der Waals surface area contributed by atoms with Gasteiger partial charge in [0.1, 0.15) is 5.75 Å². The van der Waals surface area contributed by atoms with E-state index in [2.05, 4.69) is 0 Å². The van der Waals surface area contributed by atoms with E-state index in [4.69, 9.17) is 10.5 Å². The standard InChI is InChI=1S/C14H22N2O2/c1-5-16(6-2)14(17)11-7-8-13(12(15)9-11)18-10(3)4/h7-10H,5-6,15H2,1-4H3. The Hall–Kier alpha value is -1.71. The number of benzene rings is 1. The smallest absolute Gasteiger partial charge is 0.253 e. The summed E-state index contributed by atoms with van der Waals surface area (Å²) in [5.74, 6) is 0.629. The number of amides is 1. The normalized spacial score (nSPS) is 10.5. The van der Waals surface area contributed by atoms with Crippen LogP contribution in [0.1, 0.15) is 38.1 Å². The molecule has 100 valence electrons. The van der Waals surface area contributed by atoms with Gasteiger partial charge in [-0.2, -0.15) is 0 Å². The highest BCUT2D eigenvalue weighted by Gasteiger charge is 2.14. The Morgan fingerprint density at radius 1 is 1.33 bits per heavy atom. The lowest BCUT2D eigenvalue weighted by atomic mass is 10.1. The van der Waals surface area contributed by atoms with Crippen LogP contribution in [-0.2, 0) is 0 Å². The van der Waals surface area contributed by atoms with Crippen LogP contribution in [-0.4, -0.2) is 30.0 Å². The lowest BCUT2D eigenvalue weighted by Crippen LogP contribution is -2.30. The third-order valence-electron chi connectivity index (χ3n) is 2.67. The summed E-state index contributed by atoms with van der Waals surface area (Å²) in [5.41, 5.74) is 7.00. The van der Waals surface area contributed by atoms with Gasteiger partial charge in [-0.05, 0) is 45.9 Å². The van der Waals surface area contributed by atoms with Crippen molar-refractivity contribution in [3.63, 3.8) is 0 Å². The van der Waals surface area contributed by atoms with E-state index in [1.165, 1.54) is 0 Å². The molecule has 18 heavy (non-hydrogen) atoms. The molecular weight excluding hydrogens is 228 g/mol. The van der Waals surface area contributed by atoms with E-state index in [1.807, 2.05) is 27.7 Å². The molecule has 1 aromatic rings. The van der Waals surface area contributed by atoms with Gasteiger partial charge >= 0.3 is 0 Å². The van der Waals surface area contributed by atoms with Crippen LogP contribution >= 0.6 is 0 Å². The van der Waals surface area contributed by atoms with Gasteiger partial charge in [0.25, 0.3) is 5.91 Å². The maximum absolute atomic E-state index is 12.1. The molecule has 0 unspecified atom stereocenters. The molecule has 0 heterocycles. The molecule has 0 bridgehead atoms. The van der Waals surface area contributed by atoms with E-state index in [1.54, 1.807) is 23.1 Å². The Bertz CT molecular complexity index is 412. The molecule has 4 heteroatoms. The van der Waals surface area contributed by atoms with Crippen molar-refractivity contribution in [3.8, 4) is 5.75 Å². The van der Waals surface area contributed by atoms with E-state index in [0.717, 1.165) is 0 Å². The second kappa shape index (κ2) is 6.28. The summed E-state index contributed by atoms with van der Waals surface area (Å²) in [4.78, 5) is 13.9. The van der Waals surface area contributed by atoms with E-state index in [0.29, 0.717) is 30.1 Å². The first kappa shape index (κ1) is 14.4. The van der Waals surface area contributed by atoms with E-state index in [9.17, 15) is 4.79 Å². The molecular formula is C14H22N2O2. The molecule has 0 aliphatic carbocycles. The maximum Gasteiger partial charge on any atom is 0.253 e. The average Bonchev–Trinajstić information content (AvgIpc) is 2.32. The molecule has 0 aliphatic rings. The second-order valence-electron chi connectivity index (χ2n) is 4.40. The SMILES string of the molecule is CCN(CC)C(=O)c1ccc(OC(C)C)c(N)c1. The van der Waals surface area contributed by atoms with Gasteiger partial charge in [-0.3, -0.25) is 4.79 Å². The molecule has 4 nitrogen and oxygen atoms in total. The second-order valence-corrected chi connectivity index (χ2v) is 4.40. The van der Waals surface area contributed by atoms with Gasteiger partial charge in [-0.15, -0.1) is 0 Å². The van der Waals surface area contributed by atoms with E-state index in [-0.39, 0.29) is 12.0 Å². The van der Waals surface area contributed by atoms with Gasteiger partial charge in [0.05, 0.1) is 11.8 Å². The molecule has 2 N–H and O–H groups in total. The van der Waals surface area contributed by atoms with Crippen LogP contribution in [0, 0.1) is 0 Å². The van der Waals surface area contributed by atoms with E-state index < -0.39 is 0 Å². The number of anilines is 1. The van der Waals surface area contributed by atoms with Crippen LogP contribution < -0.4 is 10.5 Å². The van der Waals surface area contributed by atoms with Crippen LogP contribution in [0.3, 0.4) is 0 Å². The van der Waals surface area contributed by atoms with Gasteiger partial charge in [0.15, 0.2) is 0 Å². The molecule has 0 aromatic heterocycles. The highest BCUT2D eigenvalue weighted by molar-refractivity contribution is 5.95. The third-order valence-corrected chi connectivity index (χ3v) is 2.67. The van der Waals surface area contributed by atoms with Crippen LogP contribution in [0.25, 0.3) is 0 Å². The van der Waals surface area contributed by atoms with E-state index >= 15 is 0 Å². The molecule has 0 saturated heterocycles. The number of carbonyl (C=O) groups is 1. The van der Waals surface area contributed by atoms with Crippen LogP contribution in [0.15, 0.2) is 18.2 Å².